The molecule has 23 heavy (non-hydrogen) atoms. The standard InChI is InChI=1S/C19H23NO3/c1-4-22-17-12-8-9-13-18(17)23-14-19(21)20(3)15(2)16-10-6-5-7-11-16/h5-13,15H,4,14H2,1-3H3. The molecule has 1 atom stereocenters. The van der Waals surface area contributed by atoms with Gasteiger partial charge in [0.2, 0.25) is 0 Å². The monoisotopic (exact) mass is 313 g/mol. The summed E-state index contributed by atoms with van der Waals surface area (Å²) in [6.07, 6.45) is 0. The number of ether oxygens (including phenoxy) is 2. The zero-order valence-corrected chi connectivity index (χ0v) is 13.9. The van der Waals surface area contributed by atoms with Crippen molar-refractivity contribution >= 4 is 5.91 Å². The Morgan fingerprint density at radius 2 is 1.57 bits per heavy atom. The zero-order valence-electron chi connectivity index (χ0n) is 13.9. The van der Waals surface area contributed by atoms with Crippen molar-refractivity contribution in [1.82, 2.24) is 4.90 Å². The van der Waals surface area contributed by atoms with Gasteiger partial charge in [0, 0.05) is 7.05 Å². The Bertz CT molecular complexity index is 628. The molecular formula is C19H23NO3. The second-order valence-corrected chi connectivity index (χ2v) is 5.26. The molecular weight excluding hydrogens is 290 g/mol. The maximum Gasteiger partial charge on any atom is 0.260 e. The highest BCUT2D eigenvalue weighted by Crippen LogP contribution is 2.26. The van der Waals surface area contributed by atoms with E-state index in [0.717, 1.165) is 5.56 Å². The van der Waals surface area contributed by atoms with Crippen molar-refractivity contribution in [2.24, 2.45) is 0 Å². The molecule has 0 aliphatic heterocycles. The van der Waals surface area contributed by atoms with Crippen molar-refractivity contribution in [1.29, 1.82) is 0 Å². The molecule has 0 saturated carbocycles. The summed E-state index contributed by atoms with van der Waals surface area (Å²) in [7, 11) is 1.79. The first-order valence-electron chi connectivity index (χ1n) is 7.78. The van der Waals surface area contributed by atoms with Crippen molar-refractivity contribution < 1.29 is 14.3 Å². The lowest BCUT2D eigenvalue weighted by Gasteiger charge is -2.25. The summed E-state index contributed by atoms with van der Waals surface area (Å²) in [5.74, 6) is 1.16. The second kappa shape index (κ2) is 8.22. The van der Waals surface area contributed by atoms with E-state index in [2.05, 4.69) is 0 Å². The summed E-state index contributed by atoms with van der Waals surface area (Å²) < 4.78 is 11.1. The molecule has 0 heterocycles. The average Bonchev–Trinajstić information content (AvgIpc) is 2.60. The second-order valence-electron chi connectivity index (χ2n) is 5.26. The fraction of sp³-hybridized carbons (Fsp3) is 0.316. The number of carbonyl (C=O) groups is 1. The molecule has 0 N–H and O–H groups in total. The first kappa shape index (κ1) is 16.9. The minimum atomic E-state index is -0.0762. The van der Waals surface area contributed by atoms with Gasteiger partial charge in [-0.1, -0.05) is 42.5 Å². The minimum absolute atomic E-state index is 0.00515. The molecule has 4 nitrogen and oxygen atoms in total. The van der Waals surface area contributed by atoms with Crippen LogP contribution in [-0.2, 0) is 4.79 Å². The van der Waals surface area contributed by atoms with Gasteiger partial charge in [-0.05, 0) is 31.5 Å². The third-order valence-electron chi connectivity index (χ3n) is 3.76. The van der Waals surface area contributed by atoms with Crippen LogP contribution >= 0.6 is 0 Å². The number of hydrogen-bond acceptors (Lipinski definition) is 3. The summed E-state index contributed by atoms with van der Waals surface area (Å²) in [6.45, 7) is 4.45. The number of benzene rings is 2. The van der Waals surface area contributed by atoms with E-state index >= 15 is 0 Å². The van der Waals surface area contributed by atoms with Gasteiger partial charge in [0.15, 0.2) is 18.1 Å². The van der Waals surface area contributed by atoms with E-state index in [0.29, 0.717) is 18.1 Å². The number of amides is 1. The molecule has 2 aromatic rings. The Balaban J connectivity index is 1.97. The van der Waals surface area contributed by atoms with Gasteiger partial charge in [-0.2, -0.15) is 0 Å². The minimum Gasteiger partial charge on any atom is -0.490 e. The Morgan fingerprint density at radius 3 is 2.17 bits per heavy atom. The maximum absolute atomic E-state index is 12.4. The van der Waals surface area contributed by atoms with Crippen LogP contribution in [0.4, 0.5) is 0 Å². The lowest BCUT2D eigenvalue weighted by Crippen LogP contribution is -2.33. The molecule has 2 rings (SSSR count). The molecule has 122 valence electrons. The fourth-order valence-electron chi connectivity index (χ4n) is 2.26. The molecule has 0 aliphatic rings. The molecule has 4 heteroatoms. The molecule has 0 fully saturated rings. The van der Waals surface area contributed by atoms with Crippen LogP contribution < -0.4 is 9.47 Å². The first-order valence-corrected chi connectivity index (χ1v) is 7.78. The molecule has 1 unspecified atom stereocenters. The highest BCUT2D eigenvalue weighted by molar-refractivity contribution is 5.78. The van der Waals surface area contributed by atoms with Gasteiger partial charge in [-0.25, -0.2) is 0 Å². The van der Waals surface area contributed by atoms with Crippen molar-refractivity contribution in [3.63, 3.8) is 0 Å². The fourth-order valence-corrected chi connectivity index (χ4v) is 2.26. The molecule has 1 amide bonds. The van der Waals surface area contributed by atoms with Crippen LogP contribution in [-0.4, -0.2) is 31.1 Å². The van der Waals surface area contributed by atoms with Crippen molar-refractivity contribution in [3.05, 3.63) is 60.2 Å². The Morgan fingerprint density at radius 1 is 1.00 bits per heavy atom. The third kappa shape index (κ3) is 4.49. The summed E-state index contributed by atoms with van der Waals surface area (Å²) in [5, 5.41) is 0. The number of likely N-dealkylation sites (N-methyl/N-ethyl adjacent to an activating group) is 1. The van der Waals surface area contributed by atoms with Crippen LogP contribution in [0.3, 0.4) is 0 Å². The Hall–Kier alpha value is -2.49. The quantitative estimate of drug-likeness (QED) is 0.782. The van der Waals surface area contributed by atoms with Crippen LogP contribution in [0.1, 0.15) is 25.5 Å². The summed E-state index contributed by atoms with van der Waals surface area (Å²) in [6, 6.07) is 17.3. The Labute approximate surface area is 137 Å². The van der Waals surface area contributed by atoms with Crippen LogP contribution in [0.5, 0.6) is 11.5 Å². The topological polar surface area (TPSA) is 38.8 Å². The lowest BCUT2D eigenvalue weighted by molar-refractivity contribution is -0.134. The average molecular weight is 313 g/mol. The van der Waals surface area contributed by atoms with E-state index in [1.54, 1.807) is 18.0 Å². The summed E-state index contributed by atoms with van der Waals surface area (Å²) >= 11 is 0. The van der Waals surface area contributed by atoms with Gasteiger partial charge < -0.3 is 14.4 Å². The largest absolute Gasteiger partial charge is 0.490 e. The van der Waals surface area contributed by atoms with E-state index < -0.39 is 0 Å². The van der Waals surface area contributed by atoms with Crippen LogP contribution in [0.15, 0.2) is 54.6 Å². The number of hydrogen-bond donors (Lipinski definition) is 0. The Kier molecular flexibility index (Phi) is 6.03. The molecule has 0 bridgehead atoms. The van der Waals surface area contributed by atoms with E-state index in [4.69, 9.17) is 9.47 Å². The van der Waals surface area contributed by atoms with Gasteiger partial charge in [0.25, 0.3) is 5.91 Å². The predicted molar refractivity (Wildman–Crippen MR) is 90.7 cm³/mol. The molecule has 0 saturated heterocycles. The SMILES string of the molecule is CCOc1ccccc1OCC(=O)N(C)C(C)c1ccccc1. The van der Waals surface area contributed by atoms with Crippen molar-refractivity contribution in [3.8, 4) is 11.5 Å². The van der Waals surface area contributed by atoms with Gasteiger partial charge in [0.05, 0.1) is 12.6 Å². The van der Waals surface area contributed by atoms with E-state index in [9.17, 15) is 4.79 Å². The first-order chi connectivity index (χ1) is 11.1. The molecule has 0 aliphatic carbocycles. The van der Waals surface area contributed by atoms with Gasteiger partial charge in [0.1, 0.15) is 0 Å². The molecule has 0 spiro atoms. The lowest BCUT2D eigenvalue weighted by atomic mass is 10.1. The van der Waals surface area contributed by atoms with E-state index in [-0.39, 0.29) is 18.6 Å². The van der Waals surface area contributed by atoms with Crippen LogP contribution in [0.2, 0.25) is 0 Å². The van der Waals surface area contributed by atoms with Gasteiger partial charge in [-0.3, -0.25) is 4.79 Å². The summed E-state index contributed by atoms with van der Waals surface area (Å²) in [5.41, 5.74) is 1.10. The zero-order chi connectivity index (χ0) is 16.7. The smallest absolute Gasteiger partial charge is 0.260 e. The van der Waals surface area contributed by atoms with Crippen molar-refractivity contribution in [2.45, 2.75) is 19.9 Å². The third-order valence-corrected chi connectivity index (χ3v) is 3.76. The van der Waals surface area contributed by atoms with Gasteiger partial charge in [-0.15, -0.1) is 0 Å². The normalized spacial score (nSPS) is 11.6. The predicted octanol–water partition coefficient (Wildman–Crippen LogP) is 3.68. The highest BCUT2D eigenvalue weighted by atomic mass is 16.5. The van der Waals surface area contributed by atoms with E-state index in [1.165, 1.54) is 0 Å². The number of carbonyl (C=O) groups excluding carboxylic acids is 1. The van der Waals surface area contributed by atoms with Crippen LogP contribution in [0.25, 0.3) is 0 Å². The summed E-state index contributed by atoms with van der Waals surface area (Å²) in [4.78, 5) is 14.1. The molecule has 0 aromatic heterocycles. The van der Waals surface area contributed by atoms with Crippen molar-refractivity contribution in [2.75, 3.05) is 20.3 Å². The number of nitrogens with zero attached hydrogens (tertiary/aromatic N) is 1. The highest BCUT2D eigenvalue weighted by Gasteiger charge is 2.18. The van der Waals surface area contributed by atoms with E-state index in [1.807, 2.05) is 62.4 Å². The molecule has 2 aromatic carbocycles. The van der Waals surface area contributed by atoms with Gasteiger partial charge >= 0.3 is 0 Å². The molecule has 0 radical (unpaired) electrons. The number of rotatable bonds is 7. The maximum atomic E-state index is 12.4. The van der Waals surface area contributed by atoms with Crippen LogP contribution in [0, 0.1) is 0 Å². The number of para-hydroxylation sites is 2.